The van der Waals surface area contributed by atoms with Crippen LogP contribution in [0.3, 0.4) is 0 Å². The lowest BCUT2D eigenvalue weighted by atomic mass is 9.97. The second-order valence-corrected chi connectivity index (χ2v) is 7.94. The third-order valence-electron chi connectivity index (χ3n) is 5.49. The number of nitrogens with zero attached hydrogens (tertiary/aromatic N) is 1. The van der Waals surface area contributed by atoms with E-state index in [9.17, 15) is 9.18 Å². The molecule has 7 heteroatoms. The van der Waals surface area contributed by atoms with E-state index in [0.29, 0.717) is 31.4 Å². The molecule has 3 rings (SSSR count). The summed E-state index contributed by atoms with van der Waals surface area (Å²) in [4.78, 5) is 14.5. The molecule has 2 aliphatic rings. The molecule has 2 amide bonds. The van der Waals surface area contributed by atoms with Crippen molar-refractivity contribution in [3.63, 3.8) is 0 Å². The van der Waals surface area contributed by atoms with Crippen LogP contribution >= 0.6 is 0 Å². The summed E-state index contributed by atoms with van der Waals surface area (Å²) >= 11 is 0. The fraction of sp³-hybridized carbons (Fsp3) is 0.667. The molecular weight excluding hydrogens is 361 g/mol. The molecule has 0 saturated carbocycles. The Morgan fingerprint density at radius 2 is 2.14 bits per heavy atom. The van der Waals surface area contributed by atoms with Gasteiger partial charge in [0.15, 0.2) is 5.79 Å². The van der Waals surface area contributed by atoms with Gasteiger partial charge in [0.2, 0.25) is 0 Å². The number of nitrogens with one attached hydrogen (secondary N) is 2. The predicted molar refractivity (Wildman–Crippen MR) is 107 cm³/mol. The number of unbranched alkanes of at least 4 members (excludes halogenated alkanes) is 1. The number of halogens is 1. The maximum absolute atomic E-state index is 13.2. The van der Waals surface area contributed by atoms with Gasteiger partial charge in [-0.05, 0) is 69.8 Å². The van der Waals surface area contributed by atoms with E-state index >= 15 is 0 Å². The summed E-state index contributed by atoms with van der Waals surface area (Å²) in [6.45, 7) is 7.26. The van der Waals surface area contributed by atoms with E-state index in [1.54, 1.807) is 12.1 Å². The Labute approximate surface area is 166 Å². The summed E-state index contributed by atoms with van der Waals surface area (Å²) in [6, 6.07) is 5.63. The summed E-state index contributed by atoms with van der Waals surface area (Å²) in [6.07, 6.45) is 5.43. The third kappa shape index (κ3) is 6.72. The fourth-order valence-corrected chi connectivity index (χ4v) is 3.98. The zero-order valence-electron chi connectivity index (χ0n) is 16.7. The highest BCUT2D eigenvalue weighted by atomic mass is 19.1. The summed E-state index contributed by atoms with van der Waals surface area (Å²) in [7, 11) is 0. The minimum atomic E-state index is -0.386. The van der Waals surface area contributed by atoms with Gasteiger partial charge in [0, 0.05) is 25.2 Å². The molecule has 2 fully saturated rings. The molecule has 0 aromatic heterocycles. The molecule has 0 aliphatic carbocycles. The highest BCUT2D eigenvalue weighted by Gasteiger charge is 2.30. The number of hydrogen-bond donors (Lipinski definition) is 2. The van der Waals surface area contributed by atoms with E-state index in [0.717, 1.165) is 51.7 Å². The standard InChI is InChI=1S/C21H32FN3O3/c1-21(27-12-13-28-21)9-2-3-10-25-11-5-6-17(16-25)15-23-20(26)24-19-8-4-7-18(22)14-19/h4,7-8,14,17H,2-3,5-6,9-13,15-16H2,1H3,(H2,23,24,26). The normalized spacial score (nSPS) is 22.1. The van der Waals surface area contributed by atoms with Crippen LogP contribution in [0.25, 0.3) is 0 Å². The van der Waals surface area contributed by atoms with Gasteiger partial charge in [-0.2, -0.15) is 0 Å². The minimum absolute atomic E-state index is 0.285. The smallest absolute Gasteiger partial charge is 0.319 e. The number of anilines is 1. The van der Waals surface area contributed by atoms with Gasteiger partial charge in [0.1, 0.15) is 5.82 Å². The lowest BCUT2D eigenvalue weighted by Crippen LogP contribution is -2.42. The number of piperidine rings is 1. The number of carbonyl (C=O) groups is 1. The molecule has 0 bridgehead atoms. The molecule has 1 aromatic carbocycles. The Morgan fingerprint density at radius 3 is 2.93 bits per heavy atom. The van der Waals surface area contributed by atoms with E-state index < -0.39 is 0 Å². The van der Waals surface area contributed by atoms with Gasteiger partial charge in [0.25, 0.3) is 0 Å². The minimum Gasteiger partial charge on any atom is -0.348 e. The lowest BCUT2D eigenvalue weighted by Gasteiger charge is -2.33. The highest BCUT2D eigenvalue weighted by molar-refractivity contribution is 5.89. The molecule has 1 unspecified atom stereocenters. The maximum atomic E-state index is 13.2. The van der Waals surface area contributed by atoms with Crippen molar-refractivity contribution in [3.05, 3.63) is 30.1 Å². The summed E-state index contributed by atoms with van der Waals surface area (Å²) in [5, 5.41) is 5.60. The van der Waals surface area contributed by atoms with Gasteiger partial charge >= 0.3 is 6.03 Å². The topological polar surface area (TPSA) is 62.8 Å². The molecule has 28 heavy (non-hydrogen) atoms. The van der Waals surface area contributed by atoms with Crippen LogP contribution in [-0.4, -0.2) is 56.1 Å². The first-order valence-corrected chi connectivity index (χ1v) is 10.3. The van der Waals surface area contributed by atoms with E-state index in [4.69, 9.17) is 9.47 Å². The second kappa shape index (κ2) is 10.2. The Bertz CT molecular complexity index is 637. The first-order valence-electron chi connectivity index (χ1n) is 10.3. The van der Waals surface area contributed by atoms with Crippen molar-refractivity contribution in [1.82, 2.24) is 10.2 Å². The molecule has 156 valence electrons. The fourth-order valence-electron chi connectivity index (χ4n) is 3.98. The average Bonchev–Trinajstić information content (AvgIpc) is 3.11. The van der Waals surface area contributed by atoms with Crippen LogP contribution in [0.5, 0.6) is 0 Å². The van der Waals surface area contributed by atoms with Gasteiger partial charge < -0.3 is 25.0 Å². The summed E-state index contributed by atoms with van der Waals surface area (Å²) in [5.74, 6) is -0.296. The zero-order valence-corrected chi connectivity index (χ0v) is 16.7. The summed E-state index contributed by atoms with van der Waals surface area (Å²) < 4.78 is 24.5. The molecule has 1 aromatic rings. The van der Waals surface area contributed by atoms with Crippen molar-refractivity contribution < 1.29 is 18.7 Å². The van der Waals surface area contributed by atoms with Crippen LogP contribution < -0.4 is 10.6 Å². The number of amides is 2. The van der Waals surface area contributed by atoms with Crippen LogP contribution in [0.4, 0.5) is 14.9 Å². The van der Waals surface area contributed by atoms with Gasteiger partial charge in [-0.15, -0.1) is 0 Å². The highest BCUT2D eigenvalue weighted by Crippen LogP contribution is 2.25. The Kier molecular flexibility index (Phi) is 7.65. The van der Waals surface area contributed by atoms with Crippen LogP contribution in [0.1, 0.15) is 39.0 Å². The van der Waals surface area contributed by atoms with Crippen LogP contribution in [0.2, 0.25) is 0 Å². The molecule has 6 nitrogen and oxygen atoms in total. The Hall–Kier alpha value is -1.70. The van der Waals surface area contributed by atoms with Gasteiger partial charge in [-0.25, -0.2) is 9.18 Å². The van der Waals surface area contributed by atoms with E-state index in [1.165, 1.54) is 12.1 Å². The number of ether oxygens (including phenoxy) is 2. The van der Waals surface area contributed by atoms with Gasteiger partial charge in [-0.1, -0.05) is 6.07 Å². The largest absolute Gasteiger partial charge is 0.348 e. The molecule has 0 radical (unpaired) electrons. The molecule has 2 heterocycles. The SMILES string of the molecule is CC1(CCCCN2CCCC(CNC(=O)Nc3cccc(F)c3)C2)OCCO1. The third-order valence-corrected chi connectivity index (χ3v) is 5.49. The summed E-state index contributed by atoms with van der Waals surface area (Å²) in [5.41, 5.74) is 0.465. The number of benzene rings is 1. The van der Waals surface area contributed by atoms with Gasteiger partial charge in [0.05, 0.1) is 13.2 Å². The first kappa shape index (κ1) is 21.0. The predicted octanol–water partition coefficient (Wildman–Crippen LogP) is 3.59. The Morgan fingerprint density at radius 1 is 1.32 bits per heavy atom. The molecule has 2 N–H and O–H groups in total. The van der Waals surface area contributed by atoms with Crippen molar-refractivity contribution >= 4 is 11.7 Å². The number of rotatable bonds is 8. The van der Waals surface area contributed by atoms with Crippen molar-refractivity contribution in [2.45, 2.75) is 44.8 Å². The van der Waals surface area contributed by atoms with E-state index in [-0.39, 0.29) is 17.6 Å². The van der Waals surface area contributed by atoms with Crippen molar-refractivity contribution in [2.75, 3.05) is 44.7 Å². The maximum Gasteiger partial charge on any atom is 0.319 e. The van der Waals surface area contributed by atoms with Crippen LogP contribution in [0, 0.1) is 11.7 Å². The number of urea groups is 1. The lowest BCUT2D eigenvalue weighted by molar-refractivity contribution is -0.147. The molecule has 0 spiro atoms. The average molecular weight is 394 g/mol. The van der Waals surface area contributed by atoms with Crippen molar-refractivity contribution in [3.8, 4) is 0 Å². The quantitative estimate of drug-likeness (QED) is 0.663. The number of carbonyl (C=O) groups excluding carboxylic acids is 1. The zero-order chi connectivity index (χ0) is 19.8. The number of hydrogen-bond acceptors (Lipinski definition) is 4. The van der Waals surface area contributed by atoms with Crippen LogP contribution in [0.15, 0.2) is 24.3 Å². The first-order chi connectivity index (χ1) is 13.5. The van der Waals surface area contributed by atoms with Crippen molar-refractivity contribution in [1.29, 1.82) is 0 Å². The van der Waals surface area contributed by atoms with E-state index in [1.807, 2.05) is 6.92 Å². The Balaban J connectivity index is 1.31. The van der Waals surface area contributed by atoms with Crippen molar-refractivity contribution in [2.24, 2.45) is 5.92 Å². The molecule has 2 saturated heterocycles. The molecular formula is C21H32FN3O3. The van der Waals surface area contributed by atoms with E-state index in [2.05, 4.69) is 15.5 Å². The molecule has 1 atom stereocenters. The van der Waals surface area contributed by atoms with Crippen LogP contribution in [-0.2, 0) is 9.47 Å². The van der Waals surface area contributed by atoms with Gasteiger partial charge in [-0.3, -0.25) is 0 Å². The number of likely N-dealkylation sites (tertiary alicyclic amines) is 1. The molecule has 2 aliphatic heterocycles. The monoisotopic (exact) mass is 393 g/mol. The second-order valence-electron chi connectivity index (χ2n) is 7.94.